The topological polar surface area (TPSA) is 73.7 Å². The molecule has 116 valence electrons. The fourth-order valence-corrected chi connectivity index (χ4v) is 2.04. The Labute approximate surface area is 123 Å². The van der Waals surface area contributed by atoms with Crippen molar-refractivity contribution in [2.75, 3.05) is 37.8 Å². The van der Waals surface area contributed by atoms with Gasteiger partial charge in [0.2, 0.25) is 0 Å². The van der Waals surface area contributed by atoms with Crippen LogP contribution >= 0.6 is 0 Å². The molecule has 21 heavy (non-hydrogen) atoms. The maximum absolute atomic E-state index is 12.0. The second-order valence-corrected chi connectivity index (χ2v) is 4.88. The van der Waals surface area contributed by atoms with Crippen LogP contribution in [-0.4, -0.2) is 48.7 Å². The van der Waals surface area contributed by atoms with Gasteiger partial charge in [-0.2, -0.15) is 5.10 Å². The van der Waals surface area contributed by atoms with E-state index in [1.807, 2.05) is 11.8 Å². The number of unbranched alkanes of at least 4 members (excludes halogenated alkanes) is 1. The molecule has 0 atom stereocenters. The van der Waals surface area contributed by atoms with Gasteiger partial charge >= 0.3 is 5.97 Å². The van der Waals surface area contributed by atoms with Gasteiger partial charge in [0.1, 0.15) is 6.54 Å². The first-order valence-electron chi connectivity index (χ1n) is 7.26. The van der Waals surface area contributed by atoms with Crippen LogP contribution in [0.5, 0.6) is 0 Å². The molecule has 2 heterocycles. The van der Waals surface area contributed by atoms with Gasteiger partial charge < -0.3 is 14.4 Å². The zero-order chi connectivity index (χ0) is 15.1. The van der Waals surface area contributed by atoms with E-state index in [9.17, 15) is 9.59 Å². The number of aromatic nitrogens is 2. The first-order valence-corrected chi connectivity index (χ1v) is 7.26. The lowest BCUT2D eigenvalue weighted by Crippen LogP contribution is -2.37. The third kappa shape index (κ3) is 4.56. The number of morpholine rings is 1. The molecule has 1 aromatic rings. The fourth-order valence-electron chi connectivity index (χ4n) is 2.04. The monoisotopic (exact) mass is 295 g/mol. The fraction of sp³-hybridized carbons (Fsp3) is 0.643. The van der Waals surface area contributed by atoms with Crippen molar-refractivity contribution >= 4 is 11.7 Å². The van der Waals surface area contributed by atoms with Gasteiger partial charge in [0.25, 0.3) is 5.56 Å². The van der Waals surface area contributed by atoms with E-state index in [1.54, 1.807) is 6.20 Å². The molecule has 0 saturated carbocycles. The highest BCUT2D eigenvalue weighted by Crippen LogP contribution is 2.11. The maximum atomic E-state index is 12.0. The number of hydrogen-bond acceptors (Lipinski definition) is 6. The van der Waals surface area contributed by atoms with Gasteiger partial charge in [-0.3, -0.25) is 9.59 Å². The first kappa shape index (κ1) is 15.5. The average Bonchev–Trinajstić information content (AvgIpc) is 2.50. The lowest BCUT2D eigenvalue weighted by atomic mass is 10.3. The van der Waals surface area contributed by atoms with E-state index in [4.69, 9.17) is 9.47 Å². The van der Waals surface area contributed by atoms with E-state index >= 15 is 0 Å². The number of carbonyl (C=O) groups is 1. The zero-order valence-corrected chi connectivity index (χ0v) is 12.3. The minimum Gasteiger partial charge on any atom is -0.464 e. The summed E-state index contributed by atoms with van der Waals surface area (Å²) >= 11 is 0. The van der Waals surface area contributed by atoms with Crippen LogP contribution < -0.4 is 10.5 Å². The Morgan fingerprint density at radius 1 is 1.43 bits per heavy atom. The molecule has 0 aromatic carbocycles. The van der Waals surface area contributed by atoms with Crippen molar-refractivity contribution in [2.45, 2.75) is 26.3 Å². The molecule has 0 N–H and O–H groups in total. The van der Waals surface area contributed by atoms with Crippen molar-refractivity contribution in [3.63, 3.8) is 0 Å². The normalized spacial score (nSPS) is 15.0. The van der Waals surface area contributed by atoms with Gasteiger partial charge in [-0.05, 0) is 6.42 Å². The quantitative estimate of drug-likeness (QED) is 0.559. The summed E-state index contributed by atoms with van der Waals surface area (Å²) in [5, 5.41) is 4.04. The summed E-state index contributed by atoms with van der Waals surface area (Å²) in [6, 6.07) is 1.50. The highest BCUT2D eigenvalue weighted by molar-refractivity contribution is 5.69. The highest BCUT2D eigenvalue weighted by atomic mass is 16.5. The number of nitrogens with zero attached hydrogens (tertiary/aromatic N) is 3. The minimum absolute atomic E-state index is 0.147. The summed E-state index contributed by atoms with van der Waals surface area (Å²) in [5.74, 6) is -0.433. The molecule has 0 radical (unpaired) electrons. The van der Waals surface area contributed by atoms with Crippen molar-refractivity contribution < 1.29 is 14.3 Å². The number of ether oxygens (including phenoxy) is 2. The van der Waals surface area contributed by atoms with Gasteiger partial charge in [-0.1, -0.05) is 13.3 Å². The van der Waals surface area contributed by atoms with E-state index < -0.39 is 5.97 Å². The number of rotatable bonds is 6. The van der Waals surface area contributed by atoms with Gasteiger partial charge in [-0.15, -0.1) is 0 Å². The van der Waals surface area contributed by atoms with Crippen LogP contribution in [0, 0.1) is 0 Å². The molecule has 1 saturated heterocycles. The molecule has 0 aliphatic carbocycles. The molecule has 0 amide bonds. The number of carbonyl (C=O) groups excluding carboxylic acids is 1. The Bertz CT molecular complexity index is 523. The molecule has 0 unspecified atom stereocenters. The Balaban J connectivity index is 1.95. The van der Waals surface area contributed by atoms with Crippen LogP contribution in [0.2, 0.25) is 0 Å². The van der Waals surface area contributed by atoms with E-state index in [0.29, 0.717) is 19.8 Å². The molecule has 7 nitrogen and oxygen atoms in total. The number of hydrogen-bond donors (Lipinski definition) is 0. The second kappa shape index (κ2) is 7.78. The van der Waals surface area contributed by atoms with Crippen molar-refractivity contribution in [1.82, 2.24) is 9.78 Å². The Hall–Kier alpha value is -1.89. The molecule has 1 fully saturated rings. The van der Waals surface area contributed by atoms with E-state index in [2.05, 4.69) is 5.10 Å². The summed E-state index contributed by atoms with van der Waals surface area (Å²) in [5.41, 5.74) is 0.463. The minimum atomic E-state index is -0.433. The maximum Gasteiger partial charge on any atom is 0.327 e. The molecule has 1 aliphatic heterocycles. The SMILES string of the molecule is CCCCOC(=O)Cn1ncc(N2CCOCC2)cc1=O. The highest BCUT2D eigenvalue weighted by Gasteiger charge is 2.13. The Morgan fingerprint density at radius 2 is 2.19 bits per heavy atom. The summed E-state index contributed by atoms with van der Waals surface area (Å²) in [4.78, 5) is 25.6. The molecule has 0 spiro atoms. The Morgan fingerprint density at radius 3 is 2.86 bits per heavy atom. The van der Waals surface area contributed by atoms with Crippen LogP contribution in [0.15, 0.2) is 17.1 Å². The third-order valence-electron chi connectivity index (χ3n) is 3.27. The summed E-state index contributed by atoms with van der Waals surface area (Å²) in [6.45, 7) is 5.03. The predicted octanol–water partition coefficient (Wildman–Crippen LogP) is 0.423. The van der Waals surface area contributed by atoms with Crippen LogP contribution in [-0.2, 0) is 20.8 Å². The van der Waals surface area contributed by atoms with Crippen LogP contribution in [0.25, 0.3) is 0 Å². The van der Waals surface area contributed by atoms with E-state index in [-0.39, 0.29) is 12.1 Å². The smallest absolute Gasteiger partial charge is 0.327 e. The van der Waals surface area contributed by atoms with Crippen LogP contribution in [0.1, 0.15) is 19.8 Å². The molecular weight excluding hydrogens is 274 g/mol. The standard InChI is InChI=1S/C14H21N3O4/c1-2-3-6-21-14(19)11-17-13(18)9-12(10-15-17)16-4-7-20-8-5-16/h9-10H,2-8,11H2,1H3. The number of anilines is 1. The van der Waals surface area contributed by atoms with Gasteiger partial charge in [0.15, 0.2) is 0 Å². The lowest BCUT2D eigenvalue weighted by Gasteiger charge is -2.28. The van der Waals surface area contributed by atoms with Gasteiger partial charge in [-0.25, -0.2) is 4.68 Å². The summed E-state index contributed by atoms with van der Waals surface area (Å²) < 4.78 is 11.4. The van der Waals surface area contributed by atoms with Crippen LogP contribution in [0.4, 0.5) is 5.69 Å². The van der Waals surface area contributed by atoms with Crippen LogP contribution in [0.3, 0.4) is 0 Å². The van der Waals surface area contributed by atoms with E-state index in [1.165, 1.54) is 6.07 Å². The van der Waals surface area contributed by atoms with Crippen molar-refractivity contribution in [3.05, 3.63) is 22.6 Å². The summed E-state index contributed by atoms with van der Waals surface area (Å²) in [6.07, 6.45) is 3.38. The first-order chi connectivity index (χ1) is 10.2. The molecule has 2 rings (SSSR count). The largest absolute Gasteiger partial charge is 0.464 e. The third-order valence-corrected chi connectivity index (χ3v) is 3.27. The van der Waals surface area contributed by atoms with Crippen molar-refractivity contribution in [2.24, 2.45) is 0 Å². The Kier molecular flexibility index (Phi) is 5.74. The average molecular weight is 295 g/mol. The molecule has 7 heteroatoms. The number of esters is 1. The van der Waals surface area contributed by atoms with E-state index in [0.717, 1.165) is 36.3 Å². The van der Waals surface area contributed by atoms with Gasteiger partial charge in [0, 0.05) is 19.2 Å². The molecule has 1 aromatic heterocycles. The summed E-state index contributed by atoms with van der Waals surface area (Å²) in [7, 11) is 0. The molecule has 1 aliphatic rings. The zero-order valence-electron chi connectivity index (χ0n) is 12.3. The lowest BCUT2D eigenvalue weighted by molar-refractivity contribution is -0.144. The second-order valence-electron chi connectivity index (χ2n) is 4.88. The van der Waals surface area contributed by atoms with Crippen molar-refractivity contribution in [3.8, 4) is 0 Å². The van der Waals surface area contributed by atoms with Gasteiger partial charge in [0.05, 0.1) is 31.7 Å². The molecule has 0 bridgehead atoms. The van der Waals surface area contributed by atoms with Crippen molar-refractivity contribution in [1.29, 1.82) is 0 Å². The molecular formula is C14H21N3O4. The predicted molar refractivity (Wildman–Crippen MR) is 77.4 cm³/mol.